The maximum Gasteiger partial charge on any atom is 0.184 e. The van der Waals surface area contributed by atoms with Crippen molar-refractivity contribution < 1.29 is 4.79 Å². The number of Topliss-reactive ketones (excluding diaryl/α,β-unsaturated/α-hetero) is 1. The number of halogens is 1. The first-order chi connectivity index (χ1) is 9.74. The van der Waals surface area contributed by atoms with Crippen molar-refractivity contribution in [1.82, 2.24) is 9.88 Å². The molecule has 0 atom stereocenters. The van der Waals surface area contributed by atoms with Gasteiger partial charge in [-0.25, -0.2) is 0 Å². The van der Waals surface area contributed by atoms with E-state index in [1.54, 1.807) is 0 Å². The van der Waals surface area contributed by atoms with Crippen LogP contribution >= 0.6 is 22.9 Å². The molecule has 1 N–H and O–H groups in total. The molecule has 3 nitrogen and oxygen atoms in total. The van der Waals surface area contributed by atoms with Crippen LogP contribution in [-0.4, -0.2) is 23.4 Å². The fourth-order valence-electron chi connectivity index (χ4n) is 2.73. The van der Waals surface area contributed by atoms with Gasteiger partial charge in [-0.2, -0.15) is 0 Å². The molecule has 2 aromatic rings. The second-order valence-corrected chi connectivity index (χ2v) is 6.89. The predicted molar refractivity (Wildman–Crippen MR) is 82.9 cm³/mol. The van der Waals surface area contributed by atoms with Crippen molar-refractivity contribution >= 4 is 28.7 Å². The van der Waals surface area contributed by atoms with Gasteiger partial charge in [0.25, 0.3) is 0 Å². The molecule has 106 valence electrons. The van der Waals surface area contributed by atoms with E-state index in [0.29, 0.717) is 12.5 Å². The van der Waals surface area contributed by atoms with E-state index in [1.165, 1.54) is 11.3 Å². The van der Waals surface area contributed by atoms with Gasteiger partial charge in [-0.3, -0.25) is 4.79 Å². The standard InChI is InChI=1S/C15H17ClN2OS/c16-15-4-3-12(20-15)10-14(19)13-2-1-9-18(13)11-5-7-17-8-6-11/h1-4,9,11,17H,5-8,10H2. The van der Waals surface area contributed by atoms with Gasteiger partial charge in [0.1, 0.15) is 0 Å². The summed E-state index contributed by atoms with van der Waals surface area (Å²) in [5.74, 6) is 0.173. The Morgan fingerprint density at radius 1 is 1.35 bits per heavy atom. The average Bonchev–Trinajstić information content (AvgIpc) is 3.09. The number of aromatic nitrogens is 1. The first kappa shape index (κ1) is 13.9. The summed E-state index contributed by atoms with van der Waals surface area (Å²) in [4.78, 5) is 13.5. The second kappa shape index (κ2) is 6.12. The van der Waals surface area contributed by atoms with E-state index < -0.39 is 0 Å². The molecule has 3 heterocycles. The number of hydrogen-bond donors (Lipinski definition) is 1. The second-order valence-electron chi connectivity index (χ2n) is 5.09. The molecule has 0 bridgehead atoms. The maximum absolute atomic E-state index is 12.5. The number of nitrogens with one attached hydrogen (secondary N) is 1. The molecule has 1 aliphatic heterocycles. The molecule has 0 aromatic carbocycles. The fraction of sp³-hybridized carbons (Fsp3) is 0.400. The Hall–Kier alpha value is -1.10. The van der Waals surface area contributed by atoms with Crippen molar-refractivity contribution in [2.75, 3.05) is 13.1 Å². The van der Waals surface area contributed by atoms with E-state index >= 15 is 0 Å². The SMILES string of the molecule is O=C(Cc1ccc(Cl)s1)c1cccn1C1CCNCC1. The van der Waals surface area contributed by atoms with Crippen LogP contribution < -0.4 is 5.32 Å². The zero-order chi connectivity index (χ0) is 13.9. The van der Waals surface area contributed by atoms with E-state index in [9.17, 15) is 4.79 Å². The molecular weight excluding hydrogens is 292 g/mol. The van der Waals surface area contributed by atoms with E-state index in [1.807, 2.05) is 30.5 Å². The van der Waals surface area contributed by atoms with Crippen molar-refractivity contribution in [2.45, 2.75) is 25.3 Å². The molecule has 0 saturated carbocycles. The lowest BCUT2D eigenvalue weighted by atomic mass is 10.1. The molecule has 0 amide bonds. The van der Waals surface area contributed by atoms with Gasteiger partial charge < -0.3 is 9.88 Å². The van der Waals surface area contributed by atoms with E-state index in [2.05, 4.69) is 9.88 Å². The minimum Gasteiger partial charge on any atom is -0.342 e. The Bertz CT molecular complexity index is 599. The van der Waals surface area contributed by atoms with Crippen LogP contribution in [0.2, 0.25) is 4.34 Å². The number of carbonyl (C=O) groups excluding carboxylic acids is 1. The molecular formula is C15H17ClN2OS. The molecule has 1 fully saturated rings. The topological polar surface area (TPSA) is 34.0 Å². The normalized spacial score (nSPS) is 16.4. The number of thiophene rings is 1. The minimum absolute atomic E-state index is 0.173. The predicted octanol–water partition coefficient (Wildman–Crippen LogP) is 3.55. The van der Waals surface area contributed by atoms with Gasteiger partial charge in [0.05, 0.1) is 10.0 Å². The highest BCUT2D eigenvalue weighted by Gasteiger charge is 2.20. The lowest BCUT2D eigenvalue weighted by Gasteiger charge is -2.25. The molecule has 1 aliphatic rings. The number of piperidine rings is 1. The summed E-state index contributed by atoms with van der Waals surface area (Å²) in [6.07, 6.45) is 4.64. The molecule has 20 heavy (non-hydrogen) atoms. The number of ketones is 1. The summed E-state index contributed by atoms with van der Waals surface area (Å²) < 4.78 is 2.89. The summed E-state index contributed by atoms with van der Waals surface area (Å²) in [6.45, 7) is 2.05. The van der Waals surface area contributed by atoms with E-state index in [0.717, 1.165) is 40.8 Å². The van der Waals surface area contributed by atoms with Crippen molar-refractivity contribution in [3.8, 4) is 0 Å². The summed E-state index contributed by atoms with van der Waals surface area (Å²) >= 11 is 7.40. The lowest BCUT2D eigenvalue weighted by molar-refractivity contribution is 0.0981. The Balaban J connectivity index is 1.76. The molecule has 3 rings (SSSR count). The summed E-state index contributed by atoms with van der Waals surface area (Å²) in [6, 6.07) is 8.12. The van der Waals surface area contributed by atoms with Crippen molar-refractivity contribution in [3.63, 3.8) is 0 Å². The third-order valence-electron chi connectivity index (χ3n) is 3.73. The van der Waals surface area contributed by atoms with Gasteiger partial charge in [0.2, 0.25) is 0 Å². The first-order valence-corrected chi connectivity index (χ1v) is 8.08. The Morgan fingerprint density at radius 3 is 2.85 bits per heavy atom. The maximum atomic E-state index is 12.5. The van der Waals surface area contributed by atoms with Gasteiger partial charge in [0.15, 0.2) is 5.78 Å². The highest BCUT2D eigenvalue weighted by atomic mass is 35.5. The molecule has 0 spiro atoms. The summed E-state index contributed by atoms with van der Waals surface area (Å²) in [5, 5.41) is 3.36. The number of carbonyl (C=O) groups is 1. The zero-order valence-electron chi connectivity index (χ0n) is 11.1. The molecule has 2 aromatic heterocycles. The largest absolute Gasteiger partial charge is 0.342 e. The van der Waals surface area contributed by atoms with Crippen molar-refractivity contribution in [1.29, 1.82) is 0 Å². The van der Waals surface area contributed by atoms with E-state index in [4.69, 9.17) is 11.6 Å². The van der Waals surface area contributed by atoms with Crippen LogP contribution in [0.4, 0.5) is 0 Å². The Kier molecular flexibility index (Phi) is 4.24. The third kappa shape index (κ3) is 2.97. The van der Waals surface area contributed by atoms with Crippen LogP contribution in [0.15, 0.2) is 30.5 Å². The molecule has 0 radical (unpaired) electrons. The lowest BCUT2D eigenvalue weighted by Crippen LogP contribution is -2.30. The molecule has 5 heteroatoms. The Morgan fingerprint density at radius 2 is 2.15 bits per heavy atom. The fourth-order valence-corrected chi connectivity index (χ4v) is 3.82. The van der Waals surface area contributed by atoms with Crippen LogP contribution in [-0.2, 0) is 6.42 Å². The van der Waals surface area contributed by atoms with Crippen LogP contribution in [0.1, 0.15) is 34.2 Å². The molecule has 0 aliphatic carbocycles. The van der Waals surface area contributed by atoms with Crippen LogP contribution in [0.5, 0.6) is 0 Å². The number of hydrogen-bond acceptors (Lipinski definition) is 3. The zero-order valence-corrected chi connectivity index (χ0v) is 12.7. The van der Waals surface area contributed by atoms with Crippen LogP contribution in [0.25, 0.3) is 0 Å². The van der Waals surface area contributed by atoms with Crippen molar-refractivity contribution in [2.24, 2.45) is 0 Å². The highest BCUT2D eigenvalue weighted by Crippen LogP contribution is 2.25. The van der Waals surface area contributed by atoms with Crippen molar-refractivity contribution in [3.05, 3.63) is 45.4 Å². The summed E-state index contributed by atoms with van der Waals surface area (Å²) in [5.41, 5.74) is 0.821. The highest BCUT2D eigenvalue weighted by molar-refractivity contribution is 7.16. The number of nitrogens with zero attached hydrogens (tertiary/aromatic N) is 1. The summed E-state index contributed by atoms with van der Waals surface area (Å²) in [7, 11) is 0. The van der Waals surface area contributed by atoms with Crippen LogP contribution in [0, 0.1) is 0 Å². The third-order valence-corrected chi connectivity index (χ3v) is 4.96. The van der Waals surface area contributed by atoms with Gasteiger partial charge in [-0.15, -0.1) is 11.3 Å². The molecule has 1 saturated heterocycles. The minimum atomic E-state index is 0.173. The monoisotopic (exact) mass is 308 g/mol. The first-order valence-electron chi connectivity index (χ1n) is 6.89. The molecule has 0 unspecified atom stereocenters. The smallest absolute Gasteiger partial charge is 0.184 e. The van der Waals surface area contributed by atoms with Gasteiger partial charge in [0, 0.05) is 23.5 Å². The van der Waals surface area contributed by atoms with E-state index in [-0.39, 0.29) is 5.78 Å². The van der Waals surface area contributed by atoms with Gasteiger partial charge >= 0.3 is 0 Å². The van der Waals surface area contributed by atoms with Gasteiger partial charge in [-0.05, 0) is 50.2 Å². The quantitative estimate of drug-likeness (QED) is 0.876. The number of rotatable bonds is 4. The Labute approximate surface area is 127 Å². The van der Waals surface area contributed by atoms with Crippen LogP contribution in [0.3, 0.4) is 0 Å². The van der Waals surface area contributed by atoms with Gasteiger partial charge in [-0.1, -0.05) is 11.6 Å². The average molecular weight is 309 g/mol.